The highest BCUT2D eigenvalue weighted by Crippen LogP contribution is 2.47. The van der Waals surface area contributed by atoms with Crippen LogP contribution in [0.4, 0.5) is 13.2 Å². The number of fused-ring (bicyclic) bond motifs is 1. The molecule has 0 radical (unpaired) electrons. The smallest absolute Gasteiger partial charge is 0.406 e. The van der Waals surface area contributed by atoms with E-state index in [1.54, 1.807) is 18.2 Å². The van der Waals surface area contributed by atoms with Gasteiger partial charge in [0.15, 0.2) is 0 Å². The molecule has 1 aliphatic carbocycles. The van der Waals surface area contributed by atoms with E-state index in [0.717, 1.165) is 32.5 Å². The monoisotopic (exact) mass is 444 g/mol. The van der Waals surface area contributed by atoms with Crippen LogP contribution in [-0.2, 0) is 6.54 Å². The average molecular weight is 444 g/mol. The Kier molecular flexibility index (Phi) is 5.16. The van der Waals surface area contributed by atoms with Gasteiger partial charge in [-0.15, -0.1) is 18.3 Å². The number of hydrogen-bond donors (Lipinski definition) is 0. The number of alkyl halides is 3. The fourth-order valence-corrected chi connectivity index (χ4v) is 4.48. The van der Waals surface area contributed by atoms with Gasteiger partial charge >= 0.3 is 6.36 Å². The van der Waals surface area contributed by atoms with Gasteiger partial charge in [0.1, 0.15) is 11.3 Å². The molecule has 9 heteroatoms. The number of ether oxygens (including phenoxy) is 1. The van der Waals surface area contributed by atoms with Crippen molar-refractivity contribution in [1.29, 1.82) is 0 Å². The van der Waals surface area contributed by atoms with Gasteiger partial charge in [-0.25, -0.2) is 4.68 Å². The molecule has 0 bridgehead atoms. The molecule has 168 valence electrons. The Bertz CT molecular complexity index is 1180. The number of rotatable bonds is 6. The first-order valence-electron chi connectivity index (χ1n) is 10.8. The van der Waals surface area contributed by atoms with Crippen molar-refractivity contribution in [3.63, 3.8) is 0 Å². The number of hydrogen-bond acceptors (Lipinski definition) is 5. The maximum Gasteiger partial charge on any atom is 0.573 e. The van der Waals surface area contributed by atoms with Crippen molar-refractivity contribution in [3.05, 3.63) is 52.8 Å². The van der Waals surface area contributed by atoms with Crippen LogP contribution < -0.4 is 10.3 Å². The van der Waals surface area contributed by atoms with Crippen LogP contribution >= 0.6 is 0 Å². The van der Waals surface area contributed by atoms with E-state index in [2.05, 4.69) is 19.9 Å². The molecule has 1 aliphatic heterocycles. The summed E-state index contributed by atoms with van der Waals surface area (Å²) >= 11 is 0. The second kappa shape index (κ2) is 7.88. The van der Waals surface area contributed by atoms with Gasteiger partial charge in [-0.2, -0.15) is 0 Å². The van der Waals surface area contributed by atoms with Crippen molar-refractivity contribution < 1.29 is 17.9 Å². The van der Waals surface area contributed by atoms with Gasteiger partial charge in [0, 0.05) is 12.0 Å². The highest BCUT2D eigenvalue weighted by atomic mass is 19.4. The lowest BCUT2D eigenvalue weighted by atomic mass is 10.0. The molecular formula is C23H23F3N4O2. The van der Waals surface area contributed by atoms with Crippen LogP contribution in [-0.4, -0.2) is 45.9 Å². The normalized spacial score (nSPS) is 18.2. The predicted octanol–water partition coefficient (Wildman–Crippen LogP) is 4.23. The van der Waals surface area contributed by atoms with E-state index in [-0.39, 0.29) is 16.7 Å². The molecule has 0 N–H and O–H groups in total. The molecule has 0 atom stereocenters. The van der Waals surface area contributed by atoms with Crippen LogP contribution in [0.3, 0.4) is 0 Å². The summed E-state index contributed by atoms with van der Waals surface area (Å²) in [6.07, 6.45) is -0.0954. The zero-order valence-corrected chi connectivity index (χ0v) is 17.4. The molecule has 1 saturated heterocycles. The van der Waals surface area contributed by atoms with Crippen LogP contribution in [0.2, 0.25) is 0 Å². The molecule has 2 heterocycles. The Morgan fingerprint density at radius 2 is 1.66 bits per heavy atom. The SMILES string of the molecule is O=c1c2cc(-c3ccc(OC(F)(F)F)cc3)ccc2nnn1CC1(CN2CCCC2)CC1. The standard InChI is InChI=1S/C23H23F3N4O2/c24-23(25,26)32-18-6-3-16(4-7-18)17-5-8-20-19(13-17)21(31)30(28-27-20)15-22(9-10-22)14-29-11-1-2-12-29/h3-8,13H,1-2,9-12,14-15H2. The molecule has 3 aromatic rings. The second-order valence-corrected chi connectivity index (χ2v) is 8.84. The lowest BCUT2D eigenvalue weighted by Gasteiger charge is -2.23. The fourth-order valence-electron chi connectivity index (χ4n) is 4.48. The summed E-state index contributed by atoms with van der Waals surface area (Å²) in [5, 5.41) is 8.85. The number of likely N-dealkylation sites (tertiary alicyclic amines) is 1. The molecule has 2 fully saturated rings. The summed E-state index contributed by atoms with van der Waals surface area (Å²) in [7, 11) is 0. The molecule has 6 nitrogen and oxygen atoms in total. The maximum atomic E-state index is 13.2. The van der Waals surface area contributed by atoms with E-state index in [9.17, 15) is 18.0 Å². The summed E-state index contributed by atoms with van der Waals surface area (Å²) in [4.78, 5) is 15.6. The van der Waals surface area contributed by atoms with Crippen molar-refractivity contribution in [3.8, 4) is 16.9 Å². The van der Waals surface area contributed by atoms with E-state index in [0.29, 0.717) is 28.6 Å². The van der Waals surface area contributed by atoms with E-state index < -0.39 is 6.36 Å². The third kappa shape index (κ3) is 4.48. The lowest BCUT2D eigenvalue weighted by molar-refractivity contribution is -0.274. The predicted molar refractivity (Wildman–Crippen MR) is 113 cm³/mol. The molecule has 0 spiro atoms. The summed E-state index contributed by atoms with van der Waals surface area (Å²) in [6.45, 7) is 3.79. The van der Waals surface area contributed by atoms with E-state index in [1.807, 2.05) is 0 Å². The van der Waals surface area contributed by atoms with Crippen LogP contribution in [0, 0.1) is 5.41 Å². The van der Waals surface area contributed by atoms with Gasteiger partial charge in [0.2, 0.25) is 0 Å². The van der Waals surface area contributed by atoms with Crippen LogP contribution in [0.25, 0.3) is 22.0 Å². The Labute approximate surface area is 182 Å². The zero-order chi connectivity index (χ0) is 22.3. The summed E-state index contributed by atoms with van der Waals surface area (Å²) in [5.74, 6) is -0.289. The molecule has 2 aliphatic rings. The van der Waals surface area contributed by atoms with Gasteiger partial charge in [-0.1, -0.05) is 23.4 Å². The largest absolute Gasteiger partial charge is 0.573 e. The Hall–Kier alpha value is -2.94. The van der Waals surface area contributed by atoms with Gasteiger partial charge in [-0.05, 0) is 74.2 Å². The average Bonchev–Trinajstić information content (AvgIpc) is 3.30. The van der Waals surface area contributed by atoms with Gasteiger partial charge < -0.3 is 9.64 Å². The fraction of sp³-hybridized carbons (Fsp3) is 0.435. The maximum absolute atomic E-state index is 13.2. The third-order valence-corrected chi connectivity index (χ3v) is 6.34. The molecule has 2 aromatic carbocycles. The highest BCUT2D eigenvalue weighted by molar-refractivity contribution is 5.83. The Balaban J connectivity index is 1.40. The highest BCUT2D eigenvalue weighted by Gasteiger charge is 2.45. The quantitative estimate of drug-likeness (QED) is 0.570. The number of halogens is 3. The Morgan fingerprint density at radius 3 is 2.31 bits per heavy atom. The van der Waals surface area contributed by atoms with Gasteiger partial charge in [0.05, 0.1) is 11.9 Å². The molecule has 32 heavy (non-hydrogen) atoms. The van der Waals surface area contributed by atoms with Crippen molar-refractivity contribution in [1.82, 2.24) is 19.9 Å². The minimum Gasteiger partial charge on any atom is -0.406 e. The minimum atomic E-state index is -4.73. The van der Waals surface area contributed by atoms with Crippen molar-refractivity contribution in [2.75, 3.05) is 19.6 Å². The van der Waals surface area contributed by atoms with Crippen LogP contribution in [0.15, 0.2) is 47.3 Å². The van der Waals surface area contributed by atoms with Crippen molar-refractivity contribution in [2.45, 2.75) is 38.6 Å². The number of benzene rings is 2. The zero-order valence-electron chi connectivity index (χ0n) is 17.4. The Morgan fingerprint density at radius 1 is 0.969 bits per heavy atom. The van der Waals surface area contributed by atoms with E-state index in [4.69, 9.17) is 0 Å². The second-order valence-electron chi connectivity index (χ2n) is 8.84. The number of nitrogens with zero attached hydrogens (tertiary/aromatic N) is 4. The van der Waals surface area contributed by atoms with Crippen molar-refractivity contribution in [2.24, 2.45) is 5.41 Å². The molecule has 0 amide bonds. The molecule has 0 unspecified atom stereocenters. The summed E-state index contributed by atoms with van der Waals surface area (Å²) < 4.78 is 42.5. The topological polar surface area (TPSA) is 60.2 Å². The first-order chi connectivity index (χ1) is 15.3. The van der Waals surface area contributed by atoms with Crippen LogP contribution in [0.5, 0.6) is 5.75 Å². The summed E-state index contributed by atoms with van der Waals surface area (Å²) in [5.41, 5.74) is 1.79. The number of aromatic nitrogens is 3. The molecular weight excluding hydrogens is 421 g/mol. The van der Waals surface area contributed by atoms with Gasteiger partial charge in [-0.3, -0.25) is 4.79 Å². The van der Waals surface area contributed by atoms with Crippen molar-refractivity contribution >= 4 is 10.9 Å². The van der Waals surface area contributed by atoms with Gasteiger partial charge in [0.25, 0.3) is 5.56 Å². The van der Waals surface area contributed by atoms with E-state index >= 15 is 0 Å². The summed E-state index contributed by atoms with van der Waals surface area (Å²) in [6, 6.07) is 10.8. The molecule has 1 saturated carbocycles. The first kappa shape index (κ1) is 20.9. The minimum absolute atomic E-state index is 0.0997. The molecule has 5 rings (SSSR count). The third-order valence-electron chi connectivity index (χ3n) is 6.34. The van der Waals surface area contributed by atoms with Crippen LogP contribution in [0.1, 0.15) is 25.7 Å². The first-order valence-corrected chi connectivity index (χ1v) is 10.8. The lowest BCUT2D eigenvalue weighted by Crippen LogP contribution is -2.34. The molecule has 1 aromatic heterocycles. The van der Waals surface area contributed by atoms with E-state index in [1.165, 1.54) is 41.8 Å².